The smallest absolute Gasteiger partial charge is 0.311 e. The predicted octanol–water partition coefficient (Wildman–Crippen LogP) is 0.836. The van der Waals surface area contributed by atoms with Gasteiger partial charge in [-0.3, -0.25) is 4.79 Å². The number of carboxylic acid groups (broad SMARTS) is 1. The molecule has 0 unspecified atom stereocenters. The number of aliphatic carboxylic acids is 1. The fourth-order valence-corrected chi connectivity index (χ4v) is 3.04. The van der Waals surface area contributed by atoms with Gasteiger partial charge in [-0.1, -0.05) is 12.8 Å². The number of carbonyl (C=O) groups is 1. The topological polar surface area (TPSA) is 63.3 Å². The third kappa shape index (κ3) is 0.774. The largest absolute Gasteiger partial charge is 0.481 e. The fraction of sp³-hybridized carbons (Fsp3) is 0.889. The Morgan fingerprint density at radius 1 is 1.58 bits per heavy atom. The Labute approximate surface area is 71.9 Å². The molecule has 3 heteroatoms. The second-order valence-electron chi connectivity index (χ2n) is 4.17. The lowest BCUT2D eigenvalue weighted by molar-refractivity contribution is -0.164. The van der Waals surface area contributed by atoms with Crippen molar-refractivity contribution in [2.24, 2.45) is 23.0 Å². The number of hydrogen-bond acceptors (Lipinski definition) is 2. The number of hydrogen-bond donors (Lipinski definition) is 2. The predicted molar refractivity (Wildman–Crippen MR) is 44.6 cm³/mol. The van der Waals surface area contributed by atoms with Crippen LogP contribution in [0.3, 0.4) is 0 Å². The second kappa shape index (κ2) is 2.46. The maximum atomic E-state index is 11.0. The van der Waals surface area contributed by atoms with Crippen molar-refractivity contribution in [3.63, 3.8) is 0 Å². The van der Waals surface area contributed by atoms with Crippen LogP contribution < -0.4 is 5.73 Å². The molecular formula is C9H15NO2. The van der Waals surface area contributed by atoms with Crippen LogP contribution in [-0.4, -0.2) is 17.6 Å². The molecule has 0 heterocycles. The van der Waals surface area contributed by atoms with E-state index in [4.69, 9.17) is 10.8 Å². The molecule has 0 aromatic carbocycles. The number of fused-ring (bicyclic) bond motifs is 1. The monoisotopic (exact) mass is 169 g/mol. The van der Waals surface area contributed by atoms with E-state index in [2.05, 4.69) is 0 Å². The van der Waals surface area contributed by atoms with Crippen molar-refractivity contribution >= 4 is 5.97 Å². The van der Waals surface area contributed by atoms with Gasteiger partial charge in [-0.15, -0.1) is 0 Å². The zero-order valence-corrected chi connectivity index (χ0v) is 7.12. The third-order valence-electron chi connectivity index (χ3n) is 3.79. The summed E-state index contributed by atoms with van der Waals surface area (Å²) in [5.74, 6) is 0.387. The van der Waals surface area contributed by atoms with Crippen LogP contribution in [0.25, 0.3) is 0 Å². The van der Waals surface area contributed by atoms with E-state index in [1.807, 2.05) is 0 Å². The molecule has 68 valence electrons. The Balaban J connectivity index is 2.16. The lowest BCUT2D eigenvalue weighted by Crippen LogP contribution is -2.55. The summed E-state index contributed by atoms with van der Waals surface area (Å²) in [6.07, 6.45) is 4.32. The van der Waals surface area contributed by atoms with Gasteiger partial charge in [-0.25, -0.2) is 0 Å². The fourth-order valence-electron chi connectivity index (χ4n) is 3.04. The molecule has 0 aliphatic heterocycles. The Morgan fingerprint density at radius 2 is 2.33 bits per heavy atom. The number of carboxylic acids is 1. The molecule has 2 fully saturated rings. The summed E-state index contributed by atoms with van der Waals surface area (Å²) in [6, 6.07) is 0. The normalized spacial score (nSPS) is 45.1. The summed E-state index contributed by atoms with van der Waals surface area (Å²) in [7, 11) is 0. The number of rotatable bonds is 2. The highest BCUT2D eigenvalue weighted by molar-refractivity contribution is 5.77. The van der Waals surface area contributed by atoms with Crippen molar-refractivity contribution in [1.29, 1.82) is 0 Å². The quantitative estimate of drug-likeness (QED) is 0.643. The first kappa shape index (κ1) is 8.05. The summed E-state index contributed by atoms with van der Waals surface area (Å²) < 4.78 is 0. The van der Waals surface area contributed by atoms with Crippen LogP contribution in [0.15, 0.2) is 0 Å². The van der Waals surface area contributed by atoms with Gasteiger partial charge in [0.2, 0.25) is 0 Å². The van der Waals surface area contributed by atoms with Crippen molar-refractivity contribution in [2.45, 2.75) is 25.7 Å². The minimum Gasteiger partial charge on any atom is -0.481 e. The maximum Gasteiger partial charge on any atom is 0.311 e. The van der Waals surface area contributed by atoms with E-state index in [0.29, 0.717) is 18.4 Å². The molecule has 2 aliphatic rings. The van der Waals surface area contributed by atoms with Crippen LogP contribution in [0.4, 0.5) is 0 Å². The molecule has 0 bridgehead atoms. The molecular weight excluding hydrogens is 154 g/mol. The zero-order chi connectivity index (χ0) is 8.77. The van der Waals surface area contributed by atoms with Crippen molar-refractivity contribution in [3.05, 3.63) is 0 Å². The van der Waals surface area contributed by atoms with Crippen LogP contribution >= 0.6 is 0 Å². The third-order valence-corrected chi connectivity index (χ3v) is 3.79. The Hall–Kier alpha value is -0.570. The zero-order valence-electron chi connectivity index (χ0n) is 7.12. The van der Waals surface area contributed by atoms with E-state index in [9.17, 15) is 4.79 Å². The van der Waals surface area contributed by atoms with E-state index in [0.717, 1.165) is 12.8 Å². The van der Waals surface area contributed by atoms with Crippen LogP contribution in [0.1, 0.15) is 25.7 Å². The molecule has 0 aromatic heterocycles. The van der Waals surface area contributed by atoms with Crippen molar-refractivity contribution in [3.8, 4) is 0 Å². The van der Waals surface area contributed by atoms with Gasteiger partial charge in [0.1, 0.15) is 0 Å². The summed E-state index contributed by atoms with van der Waals surface area (Å²) in [5, 5.41) is 9.05. The van der Waals surface area contributed by atoms with E-state index in [1.165, 1.54) is 12.8 Å². The molecule has 0 saturated heterocycles. The van der Waals surface area contributed by atoms with E-state index in [-0.39, 0.29) is 0 Å². The highest BCUT2D eigenvalue weighted by Gasteiger charge is 2.59. The van der Waals surface area contributed by atoms with Gasteiger partial charge in [0, 0.05) is 6.54 Å². The second-order valence-corrected chi connectivity index (χ2v) is 4.17. The van der Waals surface area contributed by atoms with E-state index >= 15 is 0 Å². The summed E-state index contributed by atoms with van der Waals surface area (Å²) in [4.78, 5) is 11.0. The molecule has 2 saturated carbocycles. The average molecular weight is 169 g/mol. The molecule has 0 radical (unpaired) electrons. The average Bonchev–Trinajstić information content (AvgIpc) is 2.34. The molecule has 12 heavy (non-hydrogen) atoms. The minimum absolute atomic E-state index is 0.323. The first-order valence-electron chi connectivity index (χ1n) is 4.64. The van der Waals surface area contributed by atoms with Gasteiger partial charge in [-0.05, 0) is 24.7 Å². The van der Waals surface area contributed by atoms with Gasteiger partial charge in [0.25, 0.3) is 0 Å². The Kier molecular flexibility index (Phi) is 1.65. The lowest BCUT2D eigenvalue weighted by atomic mass is 9.55. The molecule has 3 atom stereocenters. The molecule has 3 nitrogen and oxygen atoms in total. The molecule has 2 rings (SSSR count). The van der Waals surface area contributed by atoms with Gasteiger partial charge < -0.3 is 10.8 Å². The summed E-state index contributed by atoms with van der Waals surface area (Å²) in [6.45, 7) is 0.323. The van der Waals surface area contributed by atoms with Crippen LogP contribution in [0.5, 0.6) is 0 Å². The number of nitrogens with two attached hydrogens (primary N) is 1. The van der Waals surface area contributed by atoms with Gasteiger partial charge in [0.05, 0.1) is 5.41 Å². The van der Waals surface area contributed by atoms with Crippen LogP contribution in [0.2, 0.25) is 0 Å². The van der Waals surface area contributed by atoms with Crippen LogP contribution in [-0.2, 0) is 4.79 Å². The lowest BCUT2D eigenvalue weighted by Gasteiger charge is -2.48. The summed E-state index contributed by atoms with van der Waals surface area (Å²) >= 11 is 0. The van der Waals surface area contributed by atoms with Gasteiger partial charge >= 0.3 is 5.97 Å². The molecule has 3 N–H and O–H groups in total. The van der Waals surface area contributed by atoms with Gasteiger partial charge in [-0.2, -0.15) is 0 Å². The Bertz CT molecular complexity index is 217. The van der Waals surface area contributed by atoms with Crippen molar-refractivity contribution < 1.29 is 9.90 Å². The summed E-state index contributed by atoms with van der Waals surface area (Å²) in [5.41, 5.74) is 5.00. The van der Waals surface area contributed by atoms with Crippen molar-refractivity contribution in [1.82, 2.24) is 0 Å². The van der Waals surface area contributed by atoms with E-state index < -0.39 is 11.4 Å². The first-order chi connectivity index (χ1) is 5.70. The molecule has 0 amide bonds. The Morgan fingerprint density at radius 3 is 2.83 bits per heavy atom. The molecule has 0 aromatic rings. The highest BCUT2D eigenvalue weighted by Crippen LogP contribution is 2.58. The first-order valence-corrected chi connectivity index (χ1v) is 4.64. The highest BCUT2D eigenvalue weighted by atomic mass is 16.4. The molecule has 0 spiro atoms. The minimum atomic E-state index is -0.673. The van der Waals surface area contributed by atoms with E-state index in [1.54, 1.807) is 0 Å². The van der Waals surface area contributed by atoms with Gasteiger partial charge in [0.15, 0.2) is 0 Å². The standard InChI is InChI=1S/C9H15NO2/c10-5-9(8(11)12)4-6-2-1-3-7(6)9/h6-7H,1-5,10H2,(H,11,12)/t6-,7-,9-/m0/s1. The SMILES string of the molecule is NC[C@@]1(C(=O)O)C[C@@H]2CCC[C@@H]21. The van der Waals surface area contributed by atoms with Crippen molar-refractivity contribution in [2.75, 3.05) is 6.54 Å². The molecule has 2 aliphatic carbocycles. The maximum absolute atomic E-state index is 11.0. The van der Waals surface area contributed by atoms with Crippen LogP contribution in [0, 0.1) is 17.3 Å².